The second-order valence-corrected chi connectivity index (χ2v) is 39.9. The summed E-state index contributed by atoms with van der Waals surface area (Å²) < 4.78 is 53.5. The maximum atomic E-state index is 14.5. The Kier molecular flexibility index (Phi) is 23.0. The molecule has 0 aromatic heterocycles. The van der Waals surface area contributed by atoms with E-state index < -0.39 is 70.7 Å². The number of carbonyl (C=O) groups is 3. The molecule has 3 N–H and O–H groups in total. The molecule has 23 rings (SSSR count). The van der Waals surface area contributed by atoms with Crippen molar-refractivity contribution in [3.8, 4) is 0 Å². The Bertz CT molecular complexity index is 3870. The summed E-state index contributed by atoms with van der Waals surface area (Å²) in [6.45, 7) is 33.4. The summed E-state index contributed by atoms with van der Waals surface area (Å²) in [6.07, 6.45) is 17.1. The average Bonchev–Trinajstić information content (AvgIpc) is 1.68. The quantitative estimate of drug-likeness (QED) is 0.113. The van der Waals surface area contributed by atoms with Crippen LogP contribution in [0, 0.1) is 121 Å². The molecule has 20 fully saturated rings. The SMILES string of the molecule is Cc1ccc(CNC(=O)C(C[C@H]2O[C@@H]3O[C@]4(C)CC[C@H]5[C@H](C)CC[C@@H]([C@H]2C)[C@@]35OO4)C[C@H]2O[C@@H]3O[C@]4(C)CC[C@H]5[C@H](C)CC[C@@H]([C@H]2C)[C@@]35OO4)cc1.Cc1ccc(CNC(=O)CC[C@H]2O[C@@H]3O[C@]4(C)CC[C@H]5[C@H](C)CC[C@@H]([C@H]2C)[C@@]35OO4)cc1.Cc1ccc(NC(=O)CC[C@H]2O[C@@H]3O[C@]4(C)CC[C@H]5[C@H](C)CC[C@@H]([C@H]2C)[C@@]35OO4)cc1. The number of ether oxygens (including phenoxy) is 8. The van der Waals surface area contributed by atoms with E-state index in [9.17, 15) is 14.4 Å². The second kappa shape index (κ2) is 32.0. The standard InChI is InChI=1S/C42H61NO9.C26H37NO5.C25H35NO5/c1-23-8-12-28(13-9-23)22-43-36(44)29(20-34-26(4)32-14-10-24(2)30-16-18-39(6)47-37(45-34)41(30,32)51-49-39)21-35-27(5)33-15-11-25(3)31-17-19-40(7)48-38(46-35)42(31,33)52-50-40;1-16-5-8-19(9-6-16)15-27-23(28)12-11-22-18(3)21-10-7-17(2)20-13-14-25(4)30-24(29-22)26(20,21)32-31-25;1-15-5-8-18(9-6-15)26-22(27)12-11-21-17(3)20-10-7-16(2)19-13-14-24(4)29-23(28-21)25(19,20)31-30-24/h8-9,12-13,24-27,29-35,37-38H,10-11,14-22H2,1-7H3,(H,43,44);5-6,8-9,17-18,20-22,24H,7,10-15H2,1-4H3,(H,27,28);5-6,8-9,16-17,19-21,23H,7,10-14H2,1-4H3,(H,26,27)/t24-,25-,26-,27-,30+,31+,32+,33+,34-,35-,37-,38-,39+,40+,41-,42-;17-,18-,20+,21+,22-,24-,25+,26-;16-,17-,19+,20+,21-,23-,24+,25-/m111/s1. The van der Waals surface area contributed by atoms with Crippen molar-refractivity contribution in [2.75, 3.05) is 5.32 Å². The molecule has 3 aromatic rings. The highest BCUT2D eigenvalue weighted by atomic mass is 17.3. The predicted octanol–water partition coefficient (Wildman–Crippen LogP) is 17.1. The van der Waals surface area contributed by atoms with Crippen molar-refractivity contribution in [1.29, 1.82) is 0 Å². The van der Waals surface area contributed by atoms with Crippen molar-refractivity contribution in [2.45, 2.75) is 353 Å². The van der Waals surface area contributed by atoms with Crippen LogP contribution in [0.15, 0.2) is 72.8 Å². The number of rotatable bonds is 16. The number of hydrogen-bond donors (Lipinski definition) is 3. The zero-order valence-electron chi connectivity index (χ0n) is 71.1. The van der Waals surface area contributed by atoms with Crippen LogP contribution in [0.4, 0.5) is 5.69 Å². The fraction of sp³-hybridized carbons (Fsp3) is 0.774. The normalized spacial score (nSPS) is 46.5. The smallest absolute Gasteiger partial charge is 0.224 e. The van der Waals surface area contributed by atoms with Gasteiger partial charge in [-0.25, -0.2) is 39.1 Å². The zero-order chi connectivity index (χ0) is 80.5. The molecule has 4 spiro atoms. The molecule has 3 amide bonds. The zero-order valence-corrected chi connectivity index (χ0v) is 71.1. The van der Waals surface area contributed by atoms with Crippen LogP contribution in [0.2, 0.25) is 0 Å². The molecule has 16 heterocycles. The molecule has 3 aromatic carbocycles. The first-order chi connectivity index (χ1) is 54.9. The summed E-state index contributed by atoms with van der Waals surface area (Å²) in [5, 5.41) is 9.37. The number of fused-ring (bicyclic) bond motifs is 8. The largest absolute Gasteiger partial charge is 0.352 e. The number of benzene rings is 3. The van der Waals surface area contributed by atoms with E-state index in [4.69, 9.17) is 77.0 Å². The molecule has 16 saturated heterocycles. The molecular weight excluding hydrogens is 1460 g/mol. The van der Waals surface area contributed by atoms with E-state index in [-0.39, 0.29) is 83.6 Å². The van der Waals surface area contributed by atoms with Gasteiger partial charge in [0.05, 0.1) is 24.4 Å². The second-order valence-electron chi connectivity index (χ2n) is 39.9. The van der Waals surface area contributed by atoms with E-state index in [1.807, 2.05) is 58.9 Å². The van der Waals surface area contributed by atoms with Gasteiger partial charge in [-0.3, -0.25) is 14.4 Å². The first-order valence-corrected chi connectivity index (χ1v) is 44.8. The van der Waals surface area contributed by atoms with Gasteiger partial charge in [0, 0.05) is 86.9 Å². The molecule has 32 atom stereocenters. The third-order valence-electron chi connectivity index (χ3n) is 32.4. The first-order valence-electron chi connectivity index (χ1n) is 44.8. The minimum absolute atomic E-state index is 0.0185. The van der Waals surface area contributed by atoms with Crippen molar-refractivity contribution in [1.82, 2.24) is 10.6 Å². The maximum Gasteiger partial charge on any atom is 0.224 e. The van der Waals surface area contributed by atoms with E-state index in [0.29, 0.717) is 111 Å². The summed E-state index contributed by atoms with van der Waals surface area (Å²) in [4.78, 5) is 88.8. The Morgan fingerprint density at radius 3 is 0.991 bits per heavy atom. The highest BCUT2D eigenvalue weighted by molar-refractivity contribution is 5.90. The van der Waals surface area contributed by atoms with Gasteiger partial charge in [-0.05, 0) is 245 Å². The average molecular weight is 1600 g/mol. The van der Waals surface area contributed by atoms with Crippen LogP contribution in [0.25, 0.3) is 0 Å². The van der Waals surface area contributed by atoms with Crippen molar-refractivity contribution < 1.29 is 91.4 Å². The molecule has 4 aliphatic carbocycles. The van der Waals surface area contributed by atoms with Gasteiger partial charge in [0.2, 0.25) is 40.9 Å². The summed E-state index contributed by atoms with van der Waals surface area (Å²) in [6, 6.07) is 24.5. The fourth-order valence-corrected chi connectivity index (χ4v) is 25.4. The molecule has 16 aliphatic heterocycles. The molecule has 115 heavy (non-hydrogen) atoms. The summed E-state index contributed by atoms with van der Waals surface area (Å²) in [5.74, 6) is 1.86. The molecule has 0 radical (unpaired) electrons. The Balaban J connectivity index is 0.000000131. The lowest BCUT2D eigenvalue weighted by atomic mass is 9.56. The van der Waals surface area contributed by atoms with Crippen molar-refractivity contribution in [3.05, 3.63) is 101 Å². The lowest BCUT2D eigenvalue weighted by Crippen LogP contribution is -2.70. The van der Waals surface area contributed by atoms with Crippen LogP contribution in [-0.2, 0) is 104 Å². The van der Waals surface area contributed by atoms with Gasteiger partial charge in [0.15, 0.2) is 47.6 Å². The van der Waals surface area contributed by atoms with E-state index in [1.54, 1.807) is 0 Å². The first kappa shape index (κ1) is 82.7. The van der Waals surface area contributed by atoms with Gasteiger partial charge in [-0.1, -0.05) is 133 Å². The van der Waals surface area contributed by atoms with E-state index in [2.05, 4.69) is 134 Å². The molecule has 22 nitrogen and oxygen atoms in total. The van der Waals surface area contributed by atoms with Crippen LogP contribution in [0.5, 0.6) is 0 Å². The number of nitrogens with one attached hydrogen (secondary N) is 3. The van der Waals surface area contributed by atoms with Crippen molar-refractivity contribution >= 4 is 23.4 Å². The van der Waals surface area contributed by atoms with Gasteiger partial charge in [-0.15, -0.1) is 0 Å². The summed E-state index contributed by atoms with van der Waals surface area (Å²) >= 11 is 0. The maximum absolute atomic E-state index is 14.5. The Morgan fingerprint density at radius 2 is 0.652 bits per heavy atom. The summed E-state index contributed by atoms with van der Waals surface area (Å²) in [5.41, 5.74) is 4.29. The molecule has 0 unspecified atom stereocenters. The van der Waals surface area contributed by atoms with Gasteiger partial charge >= 0.3 is 0 Å². The molecular formula is C93H133N3O19. The molecule has 8 bridgehead atoms. The fourth-order valence-electron chi connectivity index (χ4n) is 25.4. The van der Waals surface area contributed by atoms with Gasteiger partial charge in [0.1, 0.15) is 0 Å². The van der Waals surface area contributed by atoms with E-state index >= 15 is 0 Å². The number of hydrogen-bond acceptors (Lipinski definition) is 19. The summed E-state index contributed by atoms with van der Waals surface area (Å²) in [7, 11) is 0. The Morgan fingerprint density at radius 1 is 0.357 bits per heavy atom. The van der Waals surface area contributed by atoms with E-state index in [0.717, 1.165) is 107 Å². The van der Waals surface area contributed by atoms with Gasteiger partial charge in [0.25, 0.3) is 0 Å². The van der Waals surface area contributed by atoms with Crippen LogP contribution >= 0.6 is 0 Å². The minimum Gasteiger partial charge on any atom is -0.352 e. The topological polar surface area (TPSA) is 235 Å². The lowest BCUT2D eigenvalue weighted by molar-refractivity contribution is -0.571. The highest BCUT2D eigenvalue weighted by Gasteiger charge is 2.74. The third-order valence-corrected chi connectivity index (χ3v) is 32.4. The van der Waals surface area contributed by atoms with E-state index in [1.165, 1.54) is 29.5 Å². The third kappa shape index (κ3) is 15.1. The molecule has 4 saturated carbocycles. The van der Waals surface area contributed by atoms with Crippen LogP contribution in [0.1, 0.15) is 252 Å². The monoisotopic (exact) mass is 1600 g/mol. The van der Waals surface area contributed by atoms with Crippen molar-refractivity contribution in [3.63, 3.8) is 0 Å². The Labute approximate surface area is 682 Å². The molecule has 634 valence electrons. The predicted molar refractivity (Wildman–Crippen MR) is 424 cm³/mol. The Hall–Kier alpha value is -4.57. The van der Waals surface area contributed by atoms with Crippen LogP contribution < -0.4 is 16.0 Å². The molecule has 22 heteroatoms. The van der Waals surface area contributed by atoms with Crippen LogP contribution in [0.3, 0.4) is 0 Å². The highest BCUT2D eigenvalue weighted by Crippen LogP contribution is 2.66. The molecule has 20 aliphatic rings. The number of anilines is 1. The van der Waals surface area contributed by atoms with Crippen LogP contribution in [-0.4, -0.2) is 113 Å². The minimum atomic E-state index is -0.843. The lowest BCUT2D eigenvalue weighted by Gasteiger charge is -2.61. The van der Waals surface area contributed by atoms with Crippen molar-refractivity contribution in [2.24, 2.45) is 101 Å². The number of aryl methyl sites for hydroxylation is 3. The van der Waals surface area contributed by atoms with Gasteiger partial charge < -0.3 is 53.8 Å². The van der Waals surface area contributed by atoms with Gasteiger partial charge in [-0.2, -0.15) is 0 Å². The number of amides is 3. The number of carbonyl (C=O) groups excluding carboxylic acids is 3.